The number of nitrogen functional groups attached to an aromatic ring is 1. The molecule has 0 spiro atoms. The number of carbonyl (C=O) groups excluding carboxylic acids is 1. The van der Waals surface area contributed by atoms with E-state index in [0.717, 1.165) is 19.3 Å². The van der Waals surface area contributed by atoms with Crippen LogP contribution in [0.2, 0.25) is 0 Å². The third-order valence-electron chi connectivity index (χ3n) is 8.78. The molecule has 282 valence electrons. The number of nitrogens with one attached hydrogen (secondary N) is 4. The molecule has 0 saturated carbocycles. The molecular formula is C32H40F2N8O8S2. The summed E-state index contributed by atoms with van der Waals surface area (Å²) in [6, 6.07) is 10.0. The lowest BCUT2D eigenvalue weighted by molar-refractivity contribution is 0.175. The number of aromatic nitrogens is 1. The summed E-state index contributed by atoms with van der Waals surface area (Å²) in [5.74, 6) is -0.510. The van der Waals surface area contributed by atoms with Crippen molar-refractivity contribution >= 4 is 43.5 Å². The monoisotopic (exact) mass is 766 g/mol. The molecule has 8 rings (SSSR count). The van der Waals surface area contributed by atoms with Crippen molar-refractivity contribution in [2.75, 3.05) is 55.8 Å². The van der Waals surface area contributed by atoms with E-state index in [1.54, 1.807) is 18.3 Å². The Kier molecular flexibility index (Phi) is 11.7. The van der Waals surface area contributed by atoms with Crippen LogP contribution in [0.5, 0.6) is 11.5 Å². The van der Waals surface area contributed by atoms with E-state index in [1.165, 1.54) is 58.0 Å². The van der Waals surface area contributed by atoms with Crippen molar-refractivity contribution < 1.29 is 44.6 Å². The Morgan fingerprint density at radius 1 is 0.827 bits per heavy atom. The third-order valence-corrected chi connectivity index (χ3v) is 12.0. The van der Waals surface area contributed by atoms with Crippen LogP contribution in [0.3, 0.4) is 0 Å². The molecular weight excluding hydrogens is 727 g/mol. The molecule has 2 aromatic carbocycles. The van der Waals surface area contributed by atoms with Gasteiger partial charge in [0.1, 0.15) is 35.3 Å². The highest BCUT2D eigenvalue weighted by Gasteiger charge is 2.48. The minimum absolute atomic E-state index is 0.211. The van der Waals surface area contributed by atoms with Crippen LogP contribution in [-0.2, 0) is 25.2 Å². The lowest BCUT2D eigenvalue weighted by atomic mass is 10.2. The summed E-state index contributed by atoms with van der Waals surface area (Å²) in [4.78, 5) is 16.0. The van der Waals surface area contributed by atoms with E-state index in [0.29, 0.717) is 43.9 Å². The fourth-order valence-corrected chi connectivity index (χ4v) is 9.35. The Morgan fingerprint density at radius 2 is 1.38 bits per heavy atom. The highest BCUT2D eigenvalue weighted by Crippen LogP contribution is 2.31. The number of urea groups is 1. The minimum atomic E-state index is -3.45. The summed E-state index contributed by atoms with van der Waals surface area (Å²) < 4.78 is 98.3. The number of halogens is 2. The van der Waals surface area contributed by atoms with Gasteiger partial charge >= 0.3 is 6.03 Å². The Bertz CT molecular complexity index is 1920. The molecule has 6 N–H and O–H groups in total. The Morgan fingerprint density at radius 3 is 1.90 bits per heavy atom. The van der Waals surface area contributed by atoms with E-state index in [4.69, 9.17) is 19.9 Å². The number of rotatable bonds is 6. The average molecular weight is 767 g/mol. The first-order valence-corrected chi connectivity index (χ1v) is 19.5. The van der Waals surface area contributed by atoms with Gasteiger partial charge in [0.05, 0.1) is 24.0 Å². The number of fused-ring (bicyclic) bond motifs is 2. The molecule has 2 amide bonds. The number of hydrogen-bond acceptors (Lipinski definition) is 10. The molecule has 6 heterocycles. The molecule has 20 heteroatoms. The van der Waals surface area contributed by atoms with Crippen LogP contribution in [0.1, 0.15) is 25.7 Å². The van der Waals surface area contributed by atoms with E-state index in [-0.39, 0.29) is 41.9 Å². The lowest BCUT2D eigenvalue weighted by Crippen LogP contribution is -2.35. The number of hydrogen-bond donors (Lipinski definition) is 5. The molecule has 5 aliphatic rings. The second kappa shape index (κ2) is 16.2. The van der Waals surface area contributed by atoms with Gasteiger partial charge in [0.15, 0.2) is 0 Å². The number of amides is 2. The number of nitrogens with zero attached hydrogens (tertiary/aromatic N) is 3. The van der Waals surface area contributed by atoms with Gasteiger partial charge < -0.3 is 30.6 Å². The molecule has 1 aromatic heterocycles. The topological polar surface area (TPSA) is 207 Å². The van der Waals surface area contributed by atoms with Gasteiger partial charge in [-0.25, -0.2) is 23.0 Å². The first-order valence-electron chi connectivity index (χ1n) is 16.6. The number of benzene rings is 2. The van der Waals surface area contributed by atoms with Crippen LogP contribution in [0.25, 0.3) is 0 Å². The first kappa shape index (κ1) is 37.6. The summed E-state index contributed by atoms with van der Waals surface area (Å²) in [5, 5.41) is 5.12. The van der Waals surface area contributed by atoms with E-state index >= 15 is 0 Å². The van der Waals surface area contributed by atoms with Gasteiger partial charge in [-0.1, -0.05) is 0 Å². The summed E-state index contributed by atoms with van der Waals surface area (Å²) in [7, 11) is -6.81. The smallest absolute Gasteiger partial charge is 0.323 e. The normalized spacial score (nSPS) is 25.5. The van der Waals surface area contributed by atoms with Crippen LogP contribution in [0, 0.1) is 11.6 Å². The van der Waals surface area contributed by atoms with Crippen LogP contribution in [0.4, 0.5) is 30.6 Å². The van der Waals surface area contributed by atoms with Gasteiger partial charge in [-0.05, 0) is 49.9 Å². The molecule has 4 atom stereocenters. The predicted octanol–water partition coefficient (Wildman–Crippen LogP) is 2.41. The molecule has 5 saturated heterocycles. The zero-order valence-corrected chi connectivity index (χ0v) is 29.5. The quantitative estimate of drug-likeness (QED) is 0.232. The summed E-state index contributed by atoms with van der Waals surface area (Å²) in [6.07, 6.45) is 6.02. The molecule has 5 aliphatic heterocycles. The predicted molar refractivity (Wildman–Crippen MR) is 187 cm³/mol. The minimum Gasteiger partial charge on any atom is -0.488 e. The second-order valence-corrected chi connectivity index (χ2v) is 15.9. The number of nitrogens with two attached hydrogens (primary N) is 1. The van der Waals surface area contributed by atoms with Crippen molar-refractivity contribution in [1.29, 1.82) is 0 Å². The van der Waals surface area contributed by atoms with Gasteiger partial charge in [-0.15, -0.1) is 0 Å². The van der Waals surface area contributed by atoms with Crippen LogP contribution >= 0.6 is 0 Å². The Labute approximate surface area is 300 Å². The zero-order valence-electron chi connectivity index (χ0n) is 27.9. The molecule has 0 unspecified atom stereocenters. The molecule has 16 nitrogen and oxygen atoms in total. The summed E-state index contributed by atoms with van der Waals surface area (Å²) in [5.41, 5.74) is 6.53. The number of anilines is 3. The summed E-state index contributed by atoms with van der Waals surface area (Å²) in [6.45, 7) is 3.33. The molecule has 52 heavy (non-hydrogen) atoms. The molecule has 5 fully saturated rings. The largest absolute Gasteiger partial charge is 0.488 e. The van der Waals surface area contributed by atoms with Crippen molar-refractivity contribution in [3.05, 3.63) is 72.6 Å². The highest BCUT2D eigenvalue weighted by molar-refractivity contribution is 7.87. The van der Waals surface area contributed by atoms with Crippen molar-refractivity contribution in [1.82, 2.24) is 23.0 Å². The average Bonchev–Trinajstić information content (AvgIpc) is 3.91. The molecule has 0 bridgehead atoms. The maximum atomic E-state index is 14.0. The lowest BCUT2D eigenvalue weighted by Gasteiger charge is -2.20. The van der Waals surface area contributed by atoms with E-state index < -0.39 is 44.2 Å². The first-order chi connectivity index (χ1) is 24.9. The van der Waals surface area contributed by atoms with Crippen LogP contribution in [0.15, 0.2) is 60.9 Å². The van der Waals surface area contributed by atoms with E-state index in [1.807, 2.05) is 0 Å². The van der Waals surface area contributed by atoms with Crippen molar-refractivity contribution in [2.24, 2.45) is 0 Å². The highest BCUT2D eigenvalue weighted by atomic mass is 32.2. The third kappa shape index (κ3) is 9.43. The fourth-order valence-electron chi connectivity index (χ4n) is 6.43. The molecule has 0 aliphatic carbocycles. The Hall–Kier alpha value is -4.18. The van der Waals surface area contributed by atoms with Crippen molar-refractivity contribution in [3.63, 3.8) is 0 Å². The van der Waals surface area contributed by atoms with Crippen molar-refractivity contribution in [2.45, 2.75) is 50.0 Å². The zero-order chi connectivity index (χ0) is 36.9. The standard InChI is InChI=1S/C17H18FN5O4S.C11H14FN3O3S.C4H8O/c18-11-6-13(22-17(24)21-12-2-1-4-19-9-12)8-14(7-11)27-16-3-5-23-15(16)10-20-28(23,25)26;12-7-3-8(13)5-9(4-7)18-11-1-2-15-10(11)6-14-19(15,16)17;1-2-4-5-3-1/h1-2,4,6-9,15-16,20H,3,5,10H2,(H2,21,22,24);3-5,10-11,14H,1-2,6,13H2;1-4H2/t15-,16+;10-,11+;/m11./s1. The number of pyridine rings is 1. The van der Waals surface area contributed by atoms with Gasteiger partial charge in [-0.3, -0.25) is 4.98 Å². The van der Waals surface area contributed by atoms with Gasteiger partial charge in [0.25, 0.3) is 20.4 Å². The maximum absolute atomic E-state index is 14.0. The molecule has 3 aromatic rings. The fraction of sp³-hybridized carbons (Fsp3) is 0.438. The van der Waals surface area contributed by atoms with Gasteiger partial charge in [0, 0.05) is 81.2 Å². The van der Waals surface area contributed by atoms with Crippen molar-refractivity contribution in [3.8, 4) is 11.5 Å². The van der Waals surface area contributed by atoms with Crippen LogP contribution in [-0.4, -0.2) is 100 Å². The SMILES string of the molecule is C1CCOC1.Nc1cc(F)cc(O[C@H]2CCN3[C@@H]2CNS3(=O)=O)c1.O=C(Nc1cccnc1)Nc1cc(F)cc(O[C@H]2CCN3[C@@H]2CNS3(=O)=O)c1. The number of carbonyl (C=O) groups is 1. The van der Waals surface area contributed by atoms with E-state index in [2.05, 4.69) is 25.1 Å². The van der Waals surface area contributed by atoms with Gasteiger partial charge in [-0.2, -0.15) is 25.4 Å². The van der Waals surface area contributed by atoms with Gasteiger partial charge in [0.2, 0.25) is 0 Å². The number of ether oxygens (including phenoxy) is 3. The summed E-state index contributed by atoms with van der Waals surface area (Å²) >= 11 is 0. The second-order valence-electron chi connectivity index (χ2n) is 12.5. The van der Waals surface area contributed by atoms with E-state index in [9.17, 15) is 30.4 Å². The van der Waals surface area contributed by atoms with Crippen LogP contribution < -0.4 is 35.3 Å². The molecule has 0 radical (unpaired) electrons. The Balaban J connectivity index is 0.000000166. The maximum Gasteiger partial charge on any atom is 0.323 e.